The van der Waals surface area contributed by atoms with Gasteiger partial charge in [0.25, 0.3) is 0 Å². The molecule has 416 valence electrons. The van der Waals surface area contributed by atoms with Gasteiger partial charge in [-0.1, -0.05) is 273 Å². The topological polar surface area (TPSA) is 78.9 Å². The first-order valence-corrected chi connectivity index (χ1v) is 30.9. The van der Waals surface area contributed by atoms with Gasteiger partial charge in [-0.3, -0.25) is 14.4 Å². The molecule has 72 heavy (non-hydrogen) atoms. The van der Waals surface area contributed by atoms with E-state index in [1.807, 2.05) is 0 Å². The Kier molecular flexibility index (Phi) is 57.8. The maximum absolute atomic E-state index is 12.9. The number of ether oxygens (including phenoxy) is 3. The van der Waals surface area contributed by atoms with Gasteiger partial charge in [0.1, 0.15) is 13.2 Å². The molecule has 0 rings (SSSR count). The predicted octanol–water partition coefficient (Wildman–Crippen LogP) is 20.9. The summed E-state index contributed by atoms with van der Waals surface area (Å²) in [6.07, 6.45) is 77.5. The van der Waals surface area contributed by atoms with Gasteiger partial charge < -0.3 is 14.2 Å². The second kappa shape index (κ2) is 60.4. The number of unbranched alkanes of at least 4 members (excludes halogenated alkanes) is 33. The number of allylic oxidation sites excluding steroid dienone is 12. The molecule has 0 heterocycles. The van der Waals surface area contributed by atoms with Crippen LogP contribution in [0.15, 0.2) is 72.9 Å². The Morgan fingerprint density at radius 3 is 0.861 bits per heavy atom. The average Bonchev–Trinajstić information content (AvgIpc) is 3.38. The Hall–Kier alpha value is -3.15. The lowest BCUT2D eigenvalue weighted by molar-refractivity contribution is -0.167. The van der Waals surface area contributed by atoms with Crippen LogP contribution in [0.5, 0.6) is 0 Å². The second-order valence-electron chi connectivity index (χ2n) is 20.6. The van der Waals surface area contributed by atoms with E-state index >= 15 is 0 Å². The van der Waals surface area contributed by atoms with E-state index in [-0.39, 0.29) is 31.1 Å². The summed E-state index contributed by atoms with van der Waals surface area (Å²) < 4.78 is 16.9. The Morgan fingerprint density at radius 1 is 0.292 bits per heavy atom. The summed E-state index contributed by atoms with van der Waals surface area (Å²) in [6.45, 7) is 6.54. The maximum atomic E-state index is 12.9. The van der Waals surface area contributed by atoms with E-state index in [4.69, 9.17) is 14.2 Å². The fourth-order valence-electron chi connectivity index (χ4n) is 8.82. The van der Waals surface area contributed by atoms with Crippen LogP contribution in [0.25, 0.3) is 0 Å². The van der Waals surface area contributed by atoms with Gasteiger partial charge in [-0.25, -0.2) is 0 Å². The highest BCUT2D eigenvalue weighted by Gasteiger charge is 2.19. The number of carbonyl (C=O) groups excluding carboxylic acids is 3. The van der Waals surface area contributed by atoms with Gasteiger partial charge in [-0.15, -0.1) is 0 Å². The van der Waals surface area contributed by atoms with Crippen LogP contribution in [0.3, 0.4) is 0 Å². The molecule has 0 saturated heterocycles. The first kappa shape index (κ1) is 68.8. The van der Waals surface area contributed by atoms with E-state index in [1.54, 1.807) is 0 Å². The summed E-state index contributed by atoms with van der Waals surface area (Å²) in [5.41, 5.74) is 0. The van der Waals surface area contributed by atoms with Gasteiger partial charge in [0.05, 0.1) is 0 Å². The van der Waals surface area contributed by atoms with Crippen molar-refractivity contribution in [3.05, 3.63) is 72.9 Å². The first-order valence-electron chi connectivity index (χ1n) is 30.9. The van der Waals surface area contributed by atoms with E-state index in [9.17, 15) is 14.4 Å². The van der Waals surface area contributed by atoms with Crippen molar-refractivity contribution in [3.8, 4) is 0 Å². The van der Waals surface area contributed by atoms with Crippen molar-refractivity contribution < 1.29 is 28.6 Å². The number of hydrogen-bond donors (Lipinski definition) is 0. The lowest BCUT2D eigenvalue weighted by atomic mass is 10.0. The normalized spacial score (nSPS) is 12.5. The average molecular weight is 1010 g/mol. The van der Waals surface area contributed by atoms with E-state index in [1.165, 1.54) is 161 Å². The Morgan fingerprint density at radius 2 is 0.542 bits per heavy atom. The van der Waals surface area contributed by atoms with Gasteiger partial charge in [0.15, 0.2) is 6.10 Å². The maximum Gasteiger partial charge on any atom is 0.306 e. The molecule has 1 atom stereocenters. The molecule has 6 nitrogen and oxygen atoms in total. The fourth-order valence-corrected chi connectivity index (χ4v) is 8.82. The van der Waals surface area contributed by atoms with Crippen LogP contribution in [0.2, 0.25) is 0 Å². The molecule has 6 heteroatoms. The zero-order valence-corrected chi connectivity index (χ0v) is 47.7. The van der Waals surface area contributed by atoms with Crippen LogP contribution in [0, 0.1) is 0 Å². The minimum atomic E-state index is -0.781. The third kappa shape index (κ3) is 57.7. The highest BCUT2D eigenvalue weighted by molar-refractivity contribution is 5.71. The van der Waals surface area contributed by atoms with Crippen molar-refractivity contribution >= 4 is 17.9 Å². The van der Waals surface area contributed by atoms with E-state index < -0.39 is 6.10 Å². The summed E-state index contributed by atoms with van der Waals surface area (Å²) in [6, 6.07) is 0. The molecule has 0 aromatic heterocycles. The van der Waals surface area contributed by atoms with E-state index in [0.29, 0.717) is 19.3 Å². The summed E-state index contributed by atoms with van der Waals surface area (Å²) >= 11 is 0. The standard InChI is InChI=1S/C66H116O6/c1-4-7-10-13-16-19-22-25-27-29-30-31-32-33-34-35-36-37-39-41-44-47-50-53-56-59-65(68)71-62-63(61-70-64(67)58-55-52-49-46-43-40-24-21-18-15-12-9-6-3)72-66(69)60-57-54-51-48-45-42-38-28-26-23-20-17-14-11-8-5-2/h7,10,16,19,25,27-28,30-31,33-34,38,63H,4-6,8-9,11-15,17-18,20-24,26,29,32,35-37,39-62H2,1-3H3/b10-7-,19-16-,27-25-,31-30-,34-33-,38-28-. The highest BCUT2D eigenvalue weighted by atomic mass is 16.6. The lowest BCUT2D eigenvalue weighted by Crippen LogP contribution is -2.30. The minimum absolute atomic E-state index is 0.0772. The van der Waals surface area contributed by atoms with Gasteiger partial charge >= 0.3 is 17.9 Å². The Labute approximate surface area is 446 Å². The molecule has 0 amide bonds. The molecule has 1 unspecified atom stereocenters. The summed E-state index contributed by atoms with van der Waals surface area (Å²) in [7, 11) is 0. The summed E-state index contributed by atoms with van der Waals surface area (Å²) in [4.78, 5) is 38.2. The summed E-state index contributed by atoms with van der Waals surface area (Å²) in [5, 5.41) is 0. The van der Waals surface area contributed by atoms with Crippen molar-refractivity contribution in [3.63, 3.8) is 0 Å². The molecule has 0 aromatic carbocycles. The summed E-state index contributed by atoms with van der Waals surface area (Å²) in [5.74, 6) is -0.879. The molecule has 0 radical (unpaired) electrons. The number of esters is 3. The molecule has 0 fully saturated rings. The van der Waals surface area contributed by atoms with Crippen molar-refractivity contribution in [2.45, 2.75) is 316 Å². The molecule has 0 aliphatic heterocycles. The molecule has 0 aliphatic rings. The minimum Gasteiger partial charge on any atom is -0.462 e. The van der Waals surface area contributed by atoms with Crippen molar-refractivity contribution in [1.29, 1.82) is 0 Å². The van der Waals surface area contributed by atoms with Crippen LogP contribution in [-0.4, -0.2) is 37.2 Å². The number of carbonyl (C=O) groups is 3. The number of hydrogen-bond acceptors (Lipinski definition) is 6. The molecule has 0 saturated carbocycles. The van der Waals surface area contributed by atoms with Crippen LogP contribution in [-0.2, 0) is 28.6 Å². The third-order valence-electron chi connectivity index (χ3n) is 13.4. The van der Waals surface area contributed by atoms with E-state index in [0.717, 1.165) is 109 Å². The molecule has 0 aliphatic carbocycles. The molecule has 0 aromatic rings. The smallest absolute Gasteiger partial charge is 0.306 e. The van der Waals surface area contributed by atoms with Gasteiger partial charge in [-0.05, 0) is 89.9 Å². The van der Waals surface area contributed by atoms with Crippen LogP contribution < -0.4 is 0 Å². The Bertz CT molecular complexity index is 1340. The largest absolute Gasteiger partial charge is 0.462 e. The zero-order valence-electron chi connectivity index (χ0n) is 47.7. The highest BCUT2D eigenvalue weighted by Crippen LogP contribution is 2.16. The lowest BCUT2D eigenvalue weighted by Gasteiger charge is -2.18. The van der Waals surface area contributed by atoms with Gasteiger partial charge in [-0.2, -0.15) is 0 Å². The number of rotatable bonds is 56. The van der Waals surface area contributed by atoms with Crippen LogP contribution >= 0.6 is 0 Å². The van der Waals surface area contributed by atoms with Crippen LogP contribution in [0.1, 0.15) is 310 Å². The molecular weight excluding hydrogens is 889 g/mol. The van der Waals surface area contributed by atoms with Gasteiger partial charge in [0, 0.05) is 19.3 Å². The fraction of sp³-hybridized carbons (Fsp3) is 0.773. The van der Waals surface area contributed by atoms with Crippen molar-refractivity contribution in [1.82, 2.24) is 0 Å². The van der Waals surface area contributed by atoms with Crippen LogP contribution in [0.4, 0.5) is 0 Å². The second-order valence-corrected chi connectivity index (χ2v) is 20.6. The molecular formula is C66H116O6. The monoisotopic (exact) mass is 1000 g/mol. The quantitative estimate of drug-likeness (QED) is 0.0261. The molecule has 0 spiro atoms. The predicted molar refractivity (Wildman–Crippen MR) is 311 cm³/mol. The van der Waals surface area contributed by atoms with E-state index in [2.05, 4.69) is 93.7 Å². The van der Waals surface area contributed by atoms with Crippen molar-refractivity contribution in [2.75, 3.05) is 13.2 Å². The SMILES string of the molecule is CC/C=C\C/C=C\C/C=C\C/C=C\C/C=C\CCCCCCCCCCCC(=O)OCC(COC(=O)CCCCCCCCCCCCCCC)OC(=O)CCCCCCC/C=C\CCCCCCCCC. The van der Waals surface area contributed by atoms with Crippen molar-refractivity contribution in [2.24, 2.45) is 0 Å². The molecule has 0 bridgehead atoms. The van der Waals surface area contributed by atoms with Gasteiger partial charge in [0.2, 0.25) is 0 Å². The Balaban J connectivity index is 4.31. The first-order chi connectivity index (χ1) is 35.5. The third-order valence-corrected chi connectivity index (χ3v) is 13.4. The molecule has 0 N–H and O–H groups in total. The zero-order chi connectivity index (χ0) is 52.2.